The van der Waals surface area contributed by atoms with Crippen molar-refractivity contribution in [3.05, 3.63) is 22.3 Å². The standard InChI is InChI=1S/C22H40N2/c1-5-7-9-11-13-15-19-17(3)18(4)21(23)22(24)20(19)16-14-12-10-8-6-2/h5-16,23-24H2,1-4H3. The van der Waals surface area contributed by atoms with Crippen LogP contribution in [0.2, 0.25) is 0 Å². The lowest BCUT2D eigenvalue weighted by Crippen LogP contribution is -2.09. The van der Waals surface area contributed by atoms with Gasteiger partial charge in [-0.3, -0.25) is 0 Å². The number of nitrogen functional groups attached to an aromatic ring is 2. The van der Waals surface area contributed by atoms with Gasteiger partial charge in [-0.2, -0.15) is 0 Å². The van der Waals surface area contributed by atoms with Crippen LogP contribution in [0.5, 0.6) is 0 Å². The molecule has 1 aromatic carbocycles. The van der Waals surface area contributed by atoms with E-state index in [4.69, 9.17) is 11.5 Å². The molecule has 2 heteroatoms. The van der Waals surface area contributed by atoms with E-state index in [0.29, 0.717) is 0 Å². The third-order valence-corrected chi connectivity index (χ3v) is 5.46. The minimum atomic E-state index is 0.811. The van der Waals surface area contributed by atoms with Crippen molar-refractivity contribution in [3.63, 3.8) is 0 Å². The van der Waals surface area contributed by atoms with Gasteiger partial charge in [-0.1, -0.05) is 65.2 Å². The largest absolute Gasteiger partial charge is 0.397 e. The molecule has 0 aliphatic heterocycles. The summed E-state index contributed by atoms with van der Waals surface area (Å²) in [6.45, 7) is 8.88. The lowest BCUT2D eigenvalue weighted by atomic mass is 9.88. The third-order valence-electron chi connectivity index (χ3n) is 5.46. The number of nitrogens with two attached hydrogens (primary N) is 2. The van der Waals surface area contributed by atoms with Gasteiger partial charge in [0, 0.05) is 0 Å². The SMILES string of the molecule is CCCCCCCc1c(C)c(C)c(N)c(N)c1CCCCCCC. The van der Waals surface area contributed by atoms with Crippen molar-refractivity contribution in [3.8, 4) is 0 Å². The molecule has 0 heterocycles. The van der Waals surface area contributed by atoms with Gasteiger partial charge < -0.3 is 11.5 Å². The molecule has 138 valence electrons. The first kappa shape index (κ1) is 20.9. The fraction of sp³-hybridized carbons (Fsp3) is 0.727. The summed E-state index contributed by atoms with van der Waals surface area (Å²) in [7, 11) is 0. The van der Waals surface area contributed by atoms with Crippen LogP contribution in [-0.2, 0) is 12.8 Å². The van der Waals surface area contributed by atoms with E-state index in [1.807, 2.05) is 0 Å². The van der Waals surface area contributed by atoms with Gasteiger partial charge in [-0.25, -0.2) is 0 Å². The fourth-order valence-electron chi connectivity index (χ4n) is 3.62. The Kier molecular flexibility index (Phi) is 9.90. The molecule has 0 unspecified atom stereocenters. The highest BCUT2D eigenvalue weighted by Gasteiger charge is 2.15. The molecule has 0 spiro atoms. The summed E-state index contributed by atoms with van der Waals surface area (Å²) >= 11 is 0. The summed E-state index contributed by atoms with van der Waals surface area (Å²) in [6, 6.07) is 0. The first-order valence-corrected chi connectivity index (χ1v) is 10.2. The van der Waals surface area contributed by atoms with Crippen molar-refractivity contribution >= 4 is 11.4 Å². The van der Waals surface area contributed by atoms with Crippen molar-refractivity contribution in [2.45, 2.75) is 105 Å². The minimum Gasteiger partial charge on any atom is -0.397 e. The Balaban J connectivity index is 2.80. The van der Waals surface area contributed by atoms with Gasteiger partial charge in [0.05, 0.1) is 11.4 Å². The molecule has 0 atom stereocenters. The molecular formula is C22H40N2. The Morgan fingerprint density at radius 2 is 1.00 bits per heavy atom. The van der Waals surface area contributed by atoms with Crippen LogP contribution >= 0.6 is 0 Å². The van der Waals surface area contributed by atoms with E-state index in [1.165, 1.54) is 86.5 Å². The molecule has 0 saturated heterocycles. The summed E-state index contributed by atoms with van der Waals surface area (Å²) in [5.74, 6) is 0. The van der Waals surface area contributed by atoms with E-state index in [-0.39, 0.29) is 0 Å². The number of unbranched alkanes of at least 4 members (excludes halogenated alkanes) is 8. The Morgan fingerprint density at radius 3 is 1.50 bits per heavy atom. The monoisotopic (exact) mass is 332 g/mol. The van der Waals surface area contributed by atoms with Crippen LogP contribution in [-0.4, -0.2) is 0 Å². The van der Waals surface area contributed by atoms with Gasteiger partial charge in [-0.05, 0) is 61.8 Å². The highest BCUT2D eigenvalue weighted by atomic mass is 14.7. The number of anilines is 2. The maximum atomic E-state index is 6.42. The van der Waals surface area contributed by atoms with Crippen molar-refractivity contribution in [2.24, 2.45) is 0 Å². The van der Waals surface area contributed by atoms with Gasteiger partial charge in [0.1, 0.15) is 0 Å². The Hall–Kier alpha value is -1.18. The van der Waals surface area contributed by atoms with Gasteiger partial charge in [0.15, 0.2) is 0 Å². The molecule has 0 fully saturated rings. The summed E-state index contributed by atoms with van der Waals surface area (Å²) in [6.07, 6.45) is 15.4. The zero-order chi connectivity index (χ0) is 17.9. The second-order valence-electron chi connectivity index (χ2n) is 7.36. The average molecular weight is 333 g/mol. The van der Waals surface area contributed by atoms with Gasteiger partial charge in [0.2, 0.25) is 0 Å². The predicted octanol–water partition coefficient (Wildman–Crippen LogP) is 6.49. The van der Waals surface area contributed by atoms with E-state index in [2.05, 4.69) is 27.7 Å². The molecule has 1 rings (SSSR count). The van der Waals surface area contributed by atoms with Crippen molar-refractivity contribution in [1.82, 2.24) is 0 Å². The van der Waals surface area contributed by atoms with Gasteiger partial charge in [0.25, 0.3) is 0 Å². The number of rotatable bonds is 12. The zero-order valence-corrected chi connectivity index (χ0v) is 16.6. The number of benzene rings is 1. The van der Waals surface area contributed by atoms with E-state index in [0.717, 1.165) is 24.2 Å². The fourth-order valence-corrected chi connectivity index (χ4v) is 3.62. The Bertz CT molecular complexity index is 446. The summed E-state index contributed by atoms with van der Waals surface area (Å²) < 4.78 is 0. The van der Waals surface area contributed by atoms with Crippen LogP contribution in [0.15, 0.2) is 0 Å². The molecule has 0 saturated carbocycles. The molecule has 0 aliphatic rings. The van der Waals surface area contributed by atoms with Crippen LogP contribution in [0.1, 0.15) is 100 Å². The number of hydrogen-bond donors (Lipinski definition) is 2. The van der Waals surface area contributed by atoms with E-state index >= 15 is 0 Å². The summed E-state index contributed by atoms with van der Waals surface area (Å²) in [4.78, 5) is 0. The zero-order valence-electron chi connectivity index (χ0n) is 16.6. The van der Waals surface area contributed by atoms with E-state index in [9.17, 15) is 0 Å². The second-order valence-corrected chi connectivity index (χ2v) is 7.36. The van der Waals surface area contributed by atoms with Crippen LogP contribution in [0.3, 0.4) is 0 Å². The second kappa shape index (κ2) is 11.4. The van der Waals surface area contributed by atoms with Crippen molar-refractivity contribution < 1.29 is 0 Å². The van der Waals surface area contributed by atoms with Crippen LogP contribution in [0.4, 0.5) is 11.4 Å². The molecule has 24 heavy (non-hydrogen) atoms. The molecule has 0 aliphatic carbocycles. The van der Waals surface area contributed by atoms with Gasteiger partial charge in [-0.15, -0.1) is 0 Å². The van der Waals surface area contributed by atoms with E-state index in [1.54, 1.807) is 0 Å². The highest BCUT2D eigenvalue weighted by molar-refractivity contribution is 5.75. The lowest BCUT2D eigenvalue weighted by Gasteiger charge is -2.20. The van der Waals surface area contributed by atoms with E-state index < -0.39 is 0 Å². The quantitative estimate of drug-likeness (QED) is 0.339. The normalized spacial score (nSPS) is 11.2. The van der Waals surface area contributed by atoms with Crippen molar-refractivity contribution in [2.75, 3.05) is 11.5 Å². The number of hydrogen-bond acceptors (Lipinski definition) is 2. The average Bonchev–Trinajstić information content (AvgIpc) is 2.58. The van der Waals surface area contributed by atoms with Gasteiger partial charge >= 0.3 is 0 Å². The lowest BCUT2D eigenvalue weighted by molar-refractivity contribution is 0.620. The molecule has 2 nitrogen and oxygen atoms in total. The highest BCUT2D eigenvalue weighted by Crippen LogP contribution is 2.34. The maximum absolute atomic E-state index is 6.42. The van der Waals surface area contributed by atoms with Crippen LogP contribution in [0.25, 0.3) is 0 Å². The molecular weight excluding hydrogens is 292 g/mol. The summed E-state index contributed by atoms with van der Waals surface area (Å²) in [5, 5.41) is 0. The maximum Gasteiger partial charge on any atom is 0.0586 e. The van der Waals surface area contributed by atoms with Crippen LogP contribution < -0.4 is 11.5 Å². The Morgan fingerprint density at radius 1 is 0.542 bits per heavy atom. The Labute approximate surface area is 150 Å². The molecule has 0 amide bonds. The first-order chi connectivity index (χ1) is 11.5. The predicted molar refractivity (Wildman–Crippen MR) is 110 cm³/mol. The molecule has 0 aromatic heterocycles. The molecule has 0 radical (unpaired) electrons. The smallest absolute Gasteiger partial charge is 0.0586 e. The molecule has 0 bridgehead atoms. The molecule has 1 aromatic rings. The third kappa shape index (κ3) is 6.03. The molecule has 4 N–H and O–H groups in total. The topological polar surface area (TPSA) is 52.0 Å². The van der Waals surface area contributed by atoms with Crippen LogP contribution in [0, 0.1) is 13.8 Å². The first-order valence-electron chi connectivity index (χ1n) is 10.2. The van der Waals surface area contributed by atoms with Crippen molar-refractivity contribution in [1.29, 1.82) is 0 Å². The minimum absolute atomic E-state index is 0.811. The summed E-state index contributed by atoms with van der Waals surface area (Å²) in [5.41, 5.74) is 19.8.